The number of carboxylic acids is 1. The van der Waals surface area contributed by atoms with Crippen LogP contribution in [0.1, 0.15) is 119 Å². The van der Waals surface area contributed by atoms with Crippen LogP contribution in [-0.2, 0) is 72.0 Å². The molecule has 2 saturated heterocycles. The lowest BCUT2D eigenvalue weighted by Crippen LogP contribution is -2.61. The molecule has 6 fully saturated rings. The molecule has 21 N–H and O–H groups in total. The maximum Gasteiger partial charge on any atom is 0.326 e. The van der Waals surface area contributed by atoms with Crippen molar-refractivity contribution in [2.45, 2.75) is 182 Å². The quantitative estimate of drug-likeness (QED) is 0.0163. The largest absolute Gasteiger partial charge is 0.480 e. The van der Waals surface area contributed by atoms with E-state index in [0.717, 1.165) is 34.0 Å². The van der Waals surface area contributed by atoms with Crippen molar-refractivity contribution in [2.24, 2.45) is 72.5 Å². The van der Waals surface area contributed by atoms with Crippen molar-refractivity contribution in [1.82, 2.24) is 51.5 Å². The number of aliphatic hydroxyl groups is 2. The Bertz CT molecular complexity index is 3600. The lowest BCUT2D eigenvalue weighted by molar-refractivity contribution is -0.150. The molecule has 9 rings (SSSR count). The molecule has 3 heterocycles. The Kier molecular flexibility index (Phi) is 30.0. The highest BCUT2D eigenvalue weighted by atomic mass is 32.1. The van der Waals surface area contributed by atoms with Gasteiger partial charge in [0.1, 0.15) is 54.4 Å². The van der Waals surface area contributed by atoms with Crippen molar-refractivity contribution in [2.75, 3.05) is 60.0 Å². The van der Waals surface area contributed by atoms with E-state index < -0.39 is 133 Å². The number of carbonyl (C=O) groups is 11. The lowest BCUT2D eigenvalue weighted by atomic mass is 9.49. The summed E-state index contributed by atoms with van der Waals surface area (Å²) >= 11 is 1.25. The number of nitrogens with zero attached hydrogens (tertiary/aromatic N) is 7. The number of benzene rings is 2. The maximum atomic E-state index is 15.1. The van der Waals surface area contributed by atoms with E-state index >= 15 is 4.79 Å². The molecule has 0 unspecified atom stereocenters. The Morgan fingerprint density at radius 1 is 0.575 bits per heavy atom. The van der Waals surface area contributed by atoms with E-state index in [2.05, 4.69) is 46.9 Å². The molecule has 2 aliphatic heterocycles. The summed E-state index contributed by atoms with van der Waals surface area (Å²) in [4.78, 5) is 175. The molecule has 4 bridgehead atoms. The molecule has 10 amide bonds. The smallest absolute Gasteiger partial charge is 0.326 e. The van der Waals surface area contributed by atoms with Crippen LogP contribution in [0.2, 0.25) is 0 Å². The van der Waals surface area contributed by atoms with Crippen molar-refractivity contribution >= 4 is 94.3 Å². The maximum absolute atomic E-state index is 15.1. The van der Waals surface area contributed by atoms with Crippen molar-refractivity contribution in [3.63, 3.8) is 0 Å². The van der Waals surface area contributed by atoms with Crippen molar-refractivity contribution < 1.29 is 68.1 Å². The molecule has 4 aliphatic carbocycles. The minimum Gasteiger partial charge on any atom is -0.480 e. The van der Waals surface area contributed by atoms with Gasteiger partial charge in [0, 0.05) is 83.8 Å². The zero-order chi connectivity index (χ0) is 76.8. The number of carboxylic acid groups (broad SMARTS) is 1. The first-order valence-electron chi connectivity index (χ1n) is 36.3. The average molecular weight is 1490 g/mol. The number of β-amino-alcohol motifs (C(OH)–C–C–N with tert-alkyl or cyclic N) is 1. The van der Waals surface area contributed by atoms with Gasteiger partial charge in [0.15, 0.2) is 17.9 Å². The van der Waals surface area contributed by atoms with E-state index in [1.807, 2.05) is 0 Å². The zero-order valence-corrected chi connectivity index (χ0v) is 61.0. The molecule has 10 atom stereocenters. The topological polar surface area (TPSA) is 527 Å². The average Bonchev–Trinajstić information content (AvgIpc) is 0.864. The summed E-state index contributed by atoms with van der Waals surface area (Å²) in [5, 5.41) is 49.9. The number of aliphatic imine (C=N–C) groups is 3. The molecule has 0 radical (unpaired) electrons. The van der Waals surface area contributed by atoms with Gasteiger partial charge in [-0.2, -0.15) is 0 Å². The number of nitrogens with one attached hydrogen (secondary N) is 6. The predicted molar refractivity (Wildman–Crippen MR) is 395 cm³/mol. The number of thiophene rings is 1. The second kappa shape index (κ2) is 38.9. The molecule has 106 heavy (non-hydrogen) atoms. The van der Waals surface area contributed by atoms with Gasteiger partial charge in [-0.1, -0.05) is 66.7 Å². The van der Waals surface area contributed by atoms with Gasteiger partial charge in [-0.3, -0.25) is 62.9 Å². The van der Waals surface area contributed by atoms with E-state index in [4.69, 9.17) is 34.4 Å². The van der Waals surface area contributed by atoms with Gasteiger partial charge in [-0.25, -0.2) is 4.79 Å². The van der Waals surface area contributed by atoms with E-state index in [9.17, 15) is 63.3 Å². The summed E-state index contributed by atoms with van der Waals surface area (Å²) in [5.41, 5.74) is 34.4. The van der Waals surface area contributed by atoms with Crippen LogP contribution < -0.4 is 66.3 Å². The minimum absolute atomic E-state index is 0.0213. The number of amides is 10. The van der Waals surface area contributed by atoms with Gasteiger partial charge in [0.05, 0.1) is 19.3 Å². The van der Waals surface area contributed by atoms with Crippen molar-refractivity contribution in [1.29, 1.82) is 0 Å². The van der Waals surface area contributed by atoms with Crippen LogP contribution in [0.3, 0.4) is 0 Å². The number of hydrogen-bond donors (Lipinski definition) is 15. The number of aliphatic hydroxyl groups excluding tert-OH is 2. The summed E-state index contributed by atoms with van der Waals surface area (Å²) in [6.07, 6.45) is 6.30. The van der Waals surface area contributed by atoms with Crippen LogP contribution in [0.4, 0.5) is 0 Å². The van der Waals surface area contributed by atoms with Gasteiger partial charge < -0.3 is 101 Å². The number of hydrogen-bond acceptors (Lipinski definition) is 17. The Morgan fingerprint density at radius 2 is 1.08 bits per heavy atom. The highest BCUT2D eigenvalue weighted by molar-refractivity contribution is 7.09. The third kappa shape index (κ3) is 23.3. The van der Waals surface area contributed by atoms with E-state index in [-0.39, 0.29) is 133 Å². The fourth-order valence-corrected chi connectivity index (χ4v) is 16.7. The van der Waals surface area contributed by atoms with Crippen LogP contribution in [0.5, 0.6) is 0 Å². The summed E-state index contributed by atoms with van der Waals surface area (Å²) in [7, 11) is 2.64. The lowest BCUT2D eigenvalue weighted by Gasteiger charge is -2.56. The fourth-order valence-electron chi connectivity index (χ4n) is 16.0. The SMILES string of the molecule is CN(C(=O)[C@H](CO)NC(=O)[C@H](Cc1cccs1)NC(=O)CNC(=O)[C@@H]1C[C@@H](O)CN1C(=O)[C@@H]1CCCN1C(=O)[C@H](CCCN=C(N)N)NC(=O)[C@@H](CCCN=C(N)N)NC(=O)CC12CC3CC(CC(C3)C1)C2)[C@@H](Cc1ccccc1)C(=O)N(C)[C@@H](Cc1ccccc1)C(=O)N[C@@H](CCCN=C(N)N)C(=O)O. The molecule has 34 heteroatoms. The summed E-state index contributed by atoms with van der Waals surface area (Å²) < 4.78 is 0. The highest BCUT2D eigenvalue weighted by Crippen LogP contribution is 2.61. The first-order valence-corrected chi connectivity index (χ1v) is 37.2. The molecule has 578 valence electrons. The molecule has 2 aromatic carbocycles. The molecular weight excluding hydrogens is 1390 g/mol. The first kappa shape index (κ1) is 81.7. The van der Waals surface area contributed by atoms with Crippen LogP contribution >= 0.6 is 11.3 Å². The molecule has 1 aromatic heterocycles. The van der Waals surface area contributed by atoms with Gasteiger partial charge in [0.25, 0.3) is 0 Å². The van der Waals surface area contributed by atoms with Crippen LogP contribution in [0.25, 0.3) is 0 Å². The number of carbonyl (C=O) groups excluding carboxylic acids is 10. The number of likely N-dealkylation sites (N-methyl/N-ethyl adjacent to an activating group) is 2. The Hall–Kier alpha value is -9.96. The van der Waals surface area contributed by atoms with E-state index in [0.29, 0.717) is 46.6 Å². The van der Waals surface area contributed by atoms with Gasteiger partial charge in [-0.15, -0.1) is 11.3 Å². The molecule has 6 aliphatic rings. The number of guanidine groups is 3. The molecule has 33 nitrogen and oxygen atoms in total. The summed E-state index contributed by atoms with van der Waals surface area (Å²) in [6, 6.07) is 8.55. The summed E-state index contributed by atoms with van der Waals surface area (Å²) in [6.45, 7) is -1.62. The highest BCUT2D eigenvalue weighted by Gasteiger charge is 2.52. The molecule has 4 saturated carbocycles. The minimum atomic E-state index is -1.73. The number of aliphatic carboxylic acids is 1. The second-order valence-corrected chi connectivity index (χ2v) is 29.8. The van der Waals surface area contributed by atoms with E-state index in [1.54, 1.807) is 78.2 Å². The number of rotatable bonds is 39. The number of nitrogens with two attached hydrogens (primary N) is 6. The van der Waals surface area contributed by atoms with Gasteiger partial charge in [-0.05, 0) is 136 Å². The van der Waals surface area contributed by atoms with Gasteiger partial charge in [0.2, 0.25) is 59.1 Å². The second-order valence-electron chi connectivity index (χ2n) is 28.8. The zero-order valence-electron chi connectivity index (χ0n) is 60.2. The molecule has 3 aromatic rings. The van der Waals surface area contributed by atoms with Gasteiger partial charge >= 0.3 is 5.97 Å². The Morgan fingerprint density at radius 3 is 1.62 bits per heavy atom. The number of likely N-dealkylation sites (tertiary alicyclic amines) is 2. The normalized spacial score (nSPS) is 21.8. The molecular formula is C72H105N19O14S. The molecule has 0 spiro atoms. The Balaban J connectivity index is 0.926. The standard InChI is InChI=1S/C72H105N19O14S/c1-88(55(31-42-14-5-3-6-15-42)63(99)86-51(68(104)105)21-11-25-81-71(77)78)66(102)57(32-43-16-7-4-8-17-43)89(2)64(100)53(41-92)87-61(97)52(34-48-18-13-27-106-48)84-59(95)39-82-62(98)56-33-47(93)40-91(56)67(103)54-22-12-26-90(54)65(101)50(20-10-24-80-70(75)76)85-60(96)49(19-9-23-79-69(73)74)83-58(94)38-72-35-44-28-45(36-72)30-46(29-44)37-72/h3-8,13-18,27,44-47,49-57,92-93H,9-12,19-26,28-41H2,1-2H3,(H,82,98)(H,83,94)(H,84,95)(H,85,96)(H,86,99)(H,87,97)(H,104,105)(H4,73,74,79)(H4,75,76,80)(H4,77,78,81)/t44?,45?,46?,47-,49-,50+,51+,52+,53+,54+,55+,56+,57+,72?/m1/s1. The van der Waals surface area contributed by atoms with Crippen LogP contribution in [0.15, 0.2) is 93.2 Å². The monoisotopic (exact) mass is 1490 g/mol. The summed E-state index contributed by atoms with van der Waals surface area (Å²) in [5.74, 6) is -7.48. The third-order valence-electron chi connectivity index (χ3n) is 20.7. The van der Waals surface area contributed by atoms with Crippen molar-refractivity contribution in [3.8, 4) is 0 Å². The first-order chi connectivity index (χ1) is 50.6. The third-order valence-corrected chi connectivity index (χ3v) is 21.6. The predicted octanol–water partition coefficient (Wildman–Crippen LogP) is -2.23. The van der Waals surface area contributed by atoms with E-state index in [1.165, 1.54) is 49.6 Å². The van der Waals surface area contributed by atoms with Crippen LogP contribution in [0, 0.1) is 23.2 Å². The van der Waals surface area contributed by atoms with Crippen LogP contribution in [-0.4, -0.2) is 238 Å². The Labute approximate surface area is 620 Å². The fraction of sp³-hybridized carbons (Fsp3) is 0.583. The van der Waals surface area contributed by atoms with Crippen molar-refractivity contribution in [3.05, 3.63) is 94.2 Å².